The van der Waals surface area contributed by atoms with E-state index < -0.39 is 20.5 Å². The molecule has 3 rings (SSSR count). The van der Waals surface area contributed by atoms with E-state index in [4.69, 9.17) is 0 Å². The summed E-state index contributed by atoms with van der Waals surface area (Å²) in [7, 11) is 0. The molecule has 0 saturated heterocycles. The molecule has 2 aromatic carbocycles. The van der Waals surface area contributed by atoms with Crippen LogP contribution in [0, 0.1) is 5.92 Å². The van der Waals surface area contributed by atoms with E-state index in [0.29, 0.717) is 5.92 Å². The van der Waals surface area contributed by atoms with Crippen molar-refractivity contribution in [3.63, 3.8) is 0 Å². The van der Waals surface area contributed by atoms with Crippen LogP contribution in [-0.4, -0.2) is 5.94 Å². The van der Waals surface area contributed by atoms with Gasteiger partial charge in [-0.1, -0.05) is 0 Å². The van der Waals surface area contributed by atoms with Crippen molar-refractivity contribution >= 4 is 16.3 Å². The van der Waals surface area contributed by atoms with Gasteiger partial charge in [-0.2, -0.15) is 0 Å². The Kier molecular flexibility index (Phi) is 5.60. The second-order valence-corrected chi connectivity index (χ2v) is 35.7. The zero-order chi connectivity index (χ0) is 20.8. The predicted molar refractivity (Wildman–Crippen MR) is 126 cm³/mol. The van der Waals surface area contributed by atoms with Crippen LogP contribution in [-0.2, 0) is 14.6 Å². The molecule has 0 aromatic heterocycles. The van der Waals surface area contributed by atoms with Crippen molar-refractivity contribution in [1.29, 1.82) is 0 Å². The average molecular weight is 426 g/mol. The summed E-state index contributed by atoms with van der Waals surface area (Å²) >= 11 is -3.17. The van der Waals surface area contributed by atoms with Crippen molar-refractivity contribution < 1.29 is 14.6 Å². The van der Waals surface area contributed by atoms with E-state index in [1.54, 1.807) is 27.1 Å². The van der Waals surface area contributed by atoms with Gasteiger partial charge >= 0.3 is 174 Å². The summed E-state index contributed by atoms with van der Waals surface area (Å²) in [5, 5.41) is 11.5. The molecule has 2 heteroatoms. The molecule has 0 nitrogen and oxygen atoms in total. The Hall–Kier alpha value is -1.15. The van der Waals surface area contributed by atoms with Crippen LogP contribution < -0.4 is 10.4 Å². The fourth-order valence-corrected chi connectivity index (χ4v) is 38.7. The van der Waals surface area contributed by atoms with Gasteiger partial charge in [0.2, 0.25) is 0 Å². The summed E-state index contributed by atoms with van der Waals surface area (Å²) in [6.45, 7) is 12.0. The summed E-state index contributed by atoms with van der Waals surface area (Å²) < 4.78 is 1.84. The molecule has 0 heterocycles. The van der Waals surface area contributed by atoms with E-state index in [2.05, 4.69) is 111 Å². The molecule has 0 aliphatic heterocycles. The Balaban J connectivity index is 2.42. The predicted octanol–water partition coefficient (Wildman–Crippen LogP) is 6.86. The molecular formula is C26H37SiTi. The quantitative estimate of drug-likeness (QED) is 0.459. The first-order valence-electron chi connectivity index (χ1n) is 10.8. The van der Waals surface area contributed by atoms with Crippen LogP contribution in [0.5, 0.6) is 0 Å². The third-order valence-corrected chi connectivity index (χ3v) is 38.5. The first-order valence-corrected chi connectivity index (χ1v) is 20.8. The SMILES string of the molecule is CC[Si](c1ccccc1)(c1ccccc1)[Ti]([CH3])([CH3])([CH3])[C]1=C(C)C(C)=C(C)C1C. The van der Waals surface area contributed by atoms with Gasteiger partial charge in [0, 0.05) is 0 Å². The summed E-state index contributed by atoms with van der Waals surface area (Å²) in [5.74, 6) is -1.39. The Bertz CT molecular complexity index is 887. The van der Waals surface area contributed by atoms with Crippen LogP contribution in [0.25, 0.3) is 0 Å². The molecule has 28 heavy (non-hydrogen) atoms. The average Bonchev–Trinajstić information content (AvgIpc) is 2.87. The van der Waals surface area contributed by atoms with Crippen LogP contribution >= 0.6 is 0 Å². The van der Waals surface area contributed by atoms with E-state index >= 15 is 0 Å². The Labute approximate surface area is 173 Å². The molecule has 0 saturated carbocycles. The second-order valence-electron chi connectivity index (χ2n) is 10.2. The molecule has 0 spiro atoms. The number of rotatable bonds is 5. The Morgan fingerprint density at radius 3 is 1.50 bits per heavy atom. The normalized spacial score (nSPS) is 19.7. The first kappa shape index (κ1) is 21.6. The van der Waals surface area contributed by atoms with Gasteiger partial charge in [0.15, 0.2) is 0 Å². The second kappa shape index (κ2) is 7.27. The van der Waals surface area contributed by atoms with Gasteiger partial charge in [-0.25, -0.2) is 0 Å². The van der Waals surface area contributed by atoms with Gasteiger partial charge in [0.1, 0.15) is 0 Å². The van der Waals surface area contributed by atoms with Crippen LogP contribution in [0.2, 0.25) is 21.7 Å². The van der Waals surface area contributed by atoms with Gasteiger partial charge in [-0.15, -0.1) is 0 Å². The molecule has 1 unspecified atom stereocenters. The van der Waals surface area contributed by atoms with Gasteiger partial charge in [0.25, 0.3) is 0 Å². The zero-order valence-electron chi connectivity index (χ0n) is 19.1. The molecule has 0 amide bonds. The fourth-order valence-electron chi connectivity index (χ4n) is 6.66. The van der Waals surface area contributed by atoms with Crippen LogP contribution in [0.1, 0.15) is 34.6 Å². The molecule has 149 valence electrons. The number of hydrogen-bond acceptors (Lipinski definition) is 0. The van der Waals surface area contributed by atoms with Crippen molar-refractivity contribution in [2.24, 2.45) is 5.92 Å². The summed E-state index contributed by atoms with van der Waals surface area (Å²) in [4.78, 5) is 0. The molecule has 0 N–H and O–H groups in total. The van der Waals surface area contributed by atoms with Gasteiger partial charge in [-0.3, -0.25) is 0 Å². The molecule has 0 bridgehead atoms. The van der Waals surface area contributed by atoms with Crippen LogP contribution in [0.4, 0.5) is 0 Å². The van der Waals surface area contributed by atoms with Crippen molar-refractivity contribution in [3.8, 4) is 0 Å². The third-order valence-electron chi connectivity index (χ3n) is 8.14. The van der Waals surface area contributed by atoms with E-state index in [1.807, 2.05) is 3.88 Å². The Morgan fingerprint density at radius 2 is 1.18 bits per heavy atom. The van der Waals surface area contributed by atoms with E-state index in [0.717, 1.165) is 0 Å². The standard InChI is InChI=1S/C14H15Si.C9H13.3CH3.Ti/c1-2-15(13-9-5-3-6-10-13)14-11-7-4-8-12-14;1-6-5-7(2)9(4)8(6)3;;;;/h3-12H,2H2,1H3;6H,1-4H3;3*1H3;. The van der Waals surface area contributed by atoms with E-state index in [9.17, 15) is 0 Å². The third kappa shape index (κ3) is 2.90. The monoisotopic (exact) mass is 425 g/mol. The van der Waals surface area contributed by atoms with Crippen molar-refractivity contribution in [3.05, 3.63) is 81.3 Å². The first-order chi connectivity index (χ1) is 13.1. The zero-order valence-corrected chi connectivity index (χ0v) is 21.6. The molecule has 1 aliphatic carbocycles. The van der Waals surface area contributed by atoms with Crippen molar-refractivity contribution in [2.75, 3.05) is 0 Å². The molecule has 0 radical (unpaired) electrons. The number of allylic oxidation sites excluding steroid dienone is 4. The molecule has 0 fully saturated rings. The van der Waals surface area contributed by atoms with E-state index in [-0.39, 0.29) is 0 Å². The minimum atomic E-state index is -3.17. The number of hydrogen-bond donors (Lipinski definition) is 0. The Morgan fingerprint density at radius 1 is 0.750 bits per heavy atom. The van der Waals surface area contributed by atoms with Gasteiger partial charge < -0.3 is 0 Å². The van der Waals surface area contributed by atoms with Gasteiger partial charge in [-0.05, 0) is 0 Å². The van der Waals surface area contributed by atoms with Crippen molar-refractivity contribution in [1.82, 2.24) is 0 Å². The maximum atomic E-state index is 2.74. The fraction of sp³-hybridized carbons (Fsp3) is 0.385. The molecule has 1 atom stereocenters. The van der Waals surface area contributed by atoms with Crippen molar-refractivity contribution in [2.45, 2.75) is 56.3 Å². The maximum absolute atomic E-state index is 3.17. The van der Waals surface area contributed by atoms with Crippen LogP contribution in [0.3, 0.4) is 0 Å². The van der Waals surface area contributed by atoms with Gasteiger partial charge in [0.05, 0.1) is 0 Å². The topological polar surface area (TPSA) is 0 Å². The summed E-state index contributed by atoms with van der Waals surface area (Å²) in [5.41, 5.74) is 4.74. The molecule has 1 aliphatic rings. The summed E-state index contributed by atoms with van der Waals surface area (Å²) in [6, 6.07) is 24.4. The minimum absolute atomic E-state index is 0.586. The summed E-state index contributed by atoms with van der Waals surface area (Å²) in [6.07, 6.45) is 0. The molecule has 2 aromatic rings. The molecular weight excluding hydrogens is 388 g/mol. The number of benzene rings is 2. The van der Waals surface area contributed by atoms with Crippen LogP contribution in [0.15, 0.2) is 81.3 Å². The van der Waals surface area contributed by atoms with E-state index in [1.165, 1.54) is 6.04 Å².